The van der Waals surface area contributed by atoms with Gasteiger partial charge in [0.05, 0.1) is 5.56 Å². The van der Waals surface area contributed by atoms with Gasteiger partial charge in [-0.25, -0.2) is 4.39 Å². The Hall–Kier alpha value is -1.76. The van der Waals surface area contributed by atoms with Crippen molar-refractivity contribution in [3.63, 3.8) is 0 Å². The van der Waals surface area contributed by atoms with Crippen LogP contribution in [0.4, 0.5) is 4.39 Å². The molecule has 0 atom stereocenters. The van der Waals surface area contributed by atoms with Crippen LogP contribution >= 0.6 is 15.9 Å². The topological polar surface area (TPSA) is 68.0 Å². The van der Waals surface area contributed by atoms with Gasteiger partial charge < -0.3 is 9.84 Å². The number of aromatic nitrogens is 2. The second-order valence-electron chi connectivity index (χ2n) is 3.45. The van der Waals surface area contributed by atoms with Crippen molar-refractivity contribution >= 4 is 21.8 Å². The zero-order chi connectivity index (χ0) is 13.0. The second-order valence-corrected chi connectivity index (χ2v) is 4.30. The predicted molar refractivity (Wildman–Crippen MR) is 64.4 cm³/mol. The minimum Gasteiger partial charge on any atom is -0.351 e. The van der Waals surface area contributed by atoms with Crippen molar-refractivity contribution in [2.75, 3.05) is 6.54 Å². The van der Waals surface area contributed by atoms with Crippen LogP contribution in [0.2, 0.25) is 0 Å². The van der Waals surface area contributed by atoms with Crippen LogP contribution in [0.1, 0.15) is 16.2 Å². The number of benzene rings is 1. The number of nitrogens with zero attached hydrogens (tertiary/aromatic N) is 2. The first-order valence-electron chi connectivity index (χ1n) is 5.16. The van der Waals surface area contributed by atoms with Crippen molar-refractivity contribution in [1.82, 2.24) is 15.5 Å². The number of nitrogens with one attached hydrogen (secondary N) is 1. The number of halogens is 2. The Balaban J connectivity index is 1.96. The minimum absolute atomic E-state index is 0.00869. The van der Waals surface area contributed by atoms with Crippen molar-refractivity contribution < 1.29 is 13.7 Å². The highest BCUT2D eigenvalue weighted by molar-refractivity contribution is 9.10. The molecular formula is C11H9BrFN3O2. The van der Waals surface area contributed by atoms with Crippen molar-refractivity contribution in [3.05, 3.63) is 46.3 Å². The fraction of sp³-hybridized carbons (Fsp3) is 0.182. The number of hydrogen-bond acceptors (Lipinski definition) is 4. The van der Waals surface area contributed by atoms with Gasteiger partial charge in [-0.3, -0.25) is 4.79 Å². The standard InChI is InChI=1S/C11H9BrFN3O2/c12-7-2-1-3-8(13)10(7)11(17)14-5-4-9-15-6-18-16-9/h1-3,6H,4-5H2,(H,14,17). The fourth-order valence-corrected chi connectivity index (χ4v) is 1.92. The largest absolute Gasteiger partial charge is 0.351 e. The quantitative estimate of drug-likeness (QED) is 0.936. The van der Waals surface area contributed by atoms with Crippen LogP contribution in [-0.2, 0) is 6.42 Å². The van der Waals surface area contributed by atoms with Crippen LogP contribution in [0.5, 0.6) is 0 Å². The predicted octanol–water partition coefficient (Wildman–Crippen LogP) is 1.94. The Bertz CT molecular complexity index is 525. The molecule has 0 bridgehead atoms. The van der Waals surface area contributed by atoms with Crippen LogP contribution in [0.3, 0.4) is 0 Å². The summed E-state index contributed by atoms with van der Waals surface area (Å²) < 4.78 is 18.4. The molecule has 7 heteroatoms. The Kier molecular flexibility index (Phi) is 4.03. The number of hydrogen-bond donors (Lipinski definition) is 1. The van der Waals surface area contributed by atoms with E-state index in [0.717, 1.165) is 0 Å². The van der Waals surface area contributed by atoms with E-state index >= 15 is 0 Å². The van der Waals surface area contributed by atoms with Crippen LogP contribution in [0.15, 0.2) is 33.6 Å². The zero-order valence-electron chi connectivity index (χ0n) is 9.19. The van der Waals surface area contributed by atoms with Crippen molar-refractivity contribution in [3.8, 4) is 0 Å². The van der Waals surface area contributed by atoms with E-state index in [1.807, 2.05) is 0 Å². The molecule has 0 radical (unpaired) electrons. The molecule has 0 aliphatic carbocycles. The summed E-state index contributed by atoms with van der Waals surface area (Å²) >= 11 is 3.14. The summed E-state index contributed by atoms with van der Waals surface area (Å²) in [4.78, 5) is 15.6. The molecule has 2 aromatic rings. The summed E-state index contributed by atoms with van der Waals surface area (Å²) in [5.41, 5.74) is -0.00869. The zero-order valence-corrected chi connectivity index (χ0v) is 10.8. The van der Waals surface area contributed by atoms with Gasteiger partial charge in [-0.05, 0) is 28.1 Å². The number of carbonyl (C=O) groups excluding carboxylic acids is 1. The molecule has 1 aromatic carbocycles. The average molecular weight is 314 g/mol. The highest BCUT2D eigenvalue weighted by Gasteiger charge is 2.14. The normalized spacial score (nSPS) is 10.3. The molecule has 94 valence electrons. The fourth-order valence-electron chi connectivity index (χ4n) is 1.39. The molecule has 0 aliphatic heterocycles. The lowest BCUT2D eigenvalue weighted by atomic mass is 10.2. The third-order valence-electron chi connectivity index (χ3n) is 2.23. The highest BCUT2D eigenvalue weighted by Crippen LogP contribution is 2.19. The number of amides is 1. The van der Waals surface area contributed by atoms with E-state index in [4.69, 9.17) is 0 Å². The summed E-state index contributed by atoms with van der Waals surface area (Å²) in [7, 11) is 0. The Morgan fingerprint density at radius 3 is 3.00 bits per heavy atom. The third kappa shape index (κ3) is 2.92. The van der Waals surface area contributed by atoms with Gasteiger partial charge in [0.15, 0.2) is 5.82 Å². The Morgan fingerprint density at radius 1 is 1.50 bits per heavy atom. The molecule has 0 aliphatic rings. The monoisotopic (exact) mass is 313 g/mol. The van der Waals surface area contributed by atoms with E-state index < -0.39 is 11.7 Å². The van der Waals surface area contributed by atoms with Gasteiger partial charge in [0.2, 0.25) is 6.39 Å². The van der Waals surface area contributed by atoms with Crippen molar-refractivity contribution in [1.29, 1.82) is 0 Å². The third-order valence-corrected chi connectivity index (χ3v) is 2.89. The molecule has 2 rings (SSSR count). The molecule has 5 nitrogen and oxygen atoms in total. The first-order valence-corrected chi connectivity index (χ1v) is 5.95. The van der Waals surface area contributed by atoms with Crippen LogP contribution < -0.4 is 5.32 Å². The highest BCUT2D eigenvalue weighted by atomic mass is 79.9. The number of rotatable bonds is 4. The molecule has 1 amide bonds. The summed E-state index contributed by atoms with van der Waals surface area (Å²) in [6, 6.07) is 4.37. The smallest absolute Gasteiger partial charge is 0.255 e. The van der Waals surface area contributed by atoms with Gasteiger partial charge in [0.25, 0.3) is 5.91 Å². The number of carbonyl (C=O) groups is 1. The lowest BCUT2D eigenvalue weighted by Crippen LogP contribution is -2.27. The van der Waals surface area contributed by atoms with Crippen LogP contribution in [-0.4, -0.2) is 22.6 Å². The lowest BCUT2D eigenvalue weighted by Gasteiger charge is -2.06. The first kappa shape index (κ1) is 12.7. The SMILES string of the molecule is O=C(NCCc1ncon1)c1c(F)cccc1Br. The summed E-state index contributed by atoms with van der Waals surface area (Å²) in [6.45, 7) is 0.305. The van der Waals surface area contributed by atoms with Gasteiger partial charge in [-0.1, -0.05) is 11.2 Å². The van der Waals surface area contributed by atoms with E-state index in [0.29, 0.717) is 23.3 Å². The van der Waals surface area contributed by atoms with E-state index in [-0.39, 0.29) is 5.56 Å². The molecule has 1 heterocycles. The lowest BCUT2D eigenvalue weighted by molar-refractivity contribution is 0.0949. The summed E-state index contributed by atoms with van der Waals surface area (Å²) in [5, 5.41) is 6.19. The van der Waals surface area contributed by atoms with E-state index in [1.54, 1.807) is 6.07 Å². The molecule has 0 saturated heterocycles. The van der Waals surface area contributed by atoms with Crippen LogP contribution in [0.25, 0.3) is 0 Å². The maximum Gasteiger partial charge on any atom is 0.255 e. The van der Waals surface area contributed by atoms with Gasteiger partial charge in [-0.2, -0.15) is 4.98 Å². The van der Waals surface area contributed by atoms with E-state index in [2.05, 4.69) is 35.9 Å². The molecule has 1 aromatic heterocycles. The van der Waals surface area contributed by atoms with E-state index in [9.17, 15) is 9.18 Å². The van der Waals surface area contributed by atoms with Crippen molar-refractivity contribution in [2.45, 2.75) is 6.42 Å². The molecule has 18 heavy (non-hydrogen) atoms. The average Bonchev–Trinajstić information content (AvgIpc) is 2.82. The minimum atomic E-state index is -0.568. The van der Waals surface area contributed by atoms with Gasteiger partial charge in [0.1, 0.15) is 5.82 Å². The molecule has 0 saturated carbocycles. The second kappa shape index (κ2) is 5.72. The van der Waals surface area contributed by atoms with Gasteiger partial charge in [-0.15, -0.1) is 0 Å². The first-order chi connectivity index (χ1) is 8.68. The maximum absolute atomic E-state index is 13.5. The van der Waals surface area contributed by atoms with Gasteiger partial charge >= 0.3 is 0 Å². The Labute approximate surface area is 111 Å². The maximum atomic E-state index is 13.5. The van der Waals surface area contributed by atoms with Crippen molar-refractivity contribution in [2.24, 2.45) is 0 Å². The molecule has 1 N–H and O–H groups in total. The molecule has 0 fully saturated rings. The summed E-state index contributed by atoms with van der Waals surface area (Å²) in [6.07, 6.45) is 1.64. The van der Waals surface area contributed by atoms with Gasteiger partial charge in [0, 0.05) is 17.4 Å². The molecule has 0 unspecified atom stereocenters. The van der Waals surface area contributed by atoms with E-state index in [1.165, 1.54) is 18.5 Å². The molecule has 0 spiro atoms. The molecular weight excluding hydrogens is 305 g/mol. The Morgan fingerprint density at radius 2 is 2.33 bits per heavy atom. The summed E-state index contributed by atoms with van der Waals surface area (Å²) in [5.74, 6) is -0.562. The van der Waals surface area contributed by atoms with Crippen LogP contribution in [0, 0.1) is 5.82 Å².